The number of nitrogen functional groups attached to an aromatic ring is 1. The molecule has 8 heteroatoms. The standard InChI is InChI=1S/C20H23F2N3O3/c1-20(2,3)19-14(21)7-13(8-15(19)22)28-10-18(27)24-9-12-4-5-16(23)17(6-12)25-11-26/h4-8,11H,9-10,23H2,1-3H3,(H,24,27)(H,25,26). The molecule has 28 heavy (non-hydrogen) atoms. The maximum atomic E-state index is 14.2. The molecule has 0 unspecified atom stereocenters. The van der Waals surface area contributed by atoms with Gasteiger partial charge in [0.1, 0.15) is 17.4 Å². The molecule has 2 rings (SSSR count). The Labute approximate surface area is 162 Å². The van der Waals surface area contributed by atoms with Crippen molar-refractivity contribution in [1.29, 1.82) is 0 Å². The van der Waals surface area contributed by atoms with Crippen LogP contribution >= 0.6 is 0 Å². The maximum absolute atomic E-state index is 14.2. The molecule has 2 aromatic rings. The number of anilines is 2. The SMILES string of the molecule is CC(C)(C)c1c(F)cc(OCC(=O)NCc2ccc(N)c(NC=O)c2)cc1F. The number of benzene rings is 2. The van der Waals surface area contributed by atoms with Crippen molar-refractivity contribution in [3.05, 3.63) is 53.1 Å². The summed E-state index contributed by atoms with van der Waals surface area (Å²) >= 11 is 0. The molecule has 0 aliphatic heterocycles. The summed E-state index contributed by atoms with van der Waals surface area (Å²) in [5.74, 6) is -1.98. The van der Waals surface area contributed by atoms with Gasteiger partial charge in [-0.25, -0.2) is 8.78 Å². The molecular weight excluding hydrogens is 368 g/mol. The summed E-state index contributed by atoms with van der Waals surface area (Å²) in [4.78, 5) is 22.5. The van der Waals surface area contributed by atoms with E-state index in [0.29, 0.717) is 23.3 Å². The highest BCUT2D eigenvalue weighted by Crippen LogP contribution is 2.30. The highest BCUT2D eigenvalue weighted by Gasteiger charge is 2.24. The summed E-state index contributed by atoms with van der Waals surface area (Å²) in [7, 11) is 0. The summed E-state index contributed by atoms with van der Waals surface area (Å²) in [5.41, 5.74) is 6.52. The van der Waals surface area contributed by atoms with Crippen molar-refractivity contribution < 1.29 is 23.1 Å². The van der Waals surface area contributed by atoms with Crippen LogP contribution in [0.15, 0.2) is 30.3 Å². The Morgan fingerprint density at radius 3 is 2.39 bits per heavy atom. The molecule has 0 fully saturated rings. The van der Waals surface area contributed by atoms with E-state index in [1.807, 2.05) is 0 Å². The van der Waals surface area contributed by atoms with E-state index >= 15 is 0 Å². The molecule has 0 aliphatic carbocycles. The van der Waals surface area contributed by atoms with Gasteiger partial charge in [-0.2, -0.15) is 0 Å². The first-order valence-corrected chi connectivity index (χ1v) is 8.59. The molecule has 0 aromatic heterocycles. The number of ether oxygens (including phenoxy) is 1. The fraction of sp³-hybridized carbons (Fsp3) is 0.300. The Morgan fingerprint density at radius 1 is 1.18 bits per heavy atom. The summed E-state index contributed by atoms with van der Waals surface area (Å²) < 4.78 is 33.5. The van der Waals surface area contributed by atoms with Gasteiger partial charge in [-0.05, 0) is 23.1 Å². The Bertz CT molecular complexity index is 856. The zero-order chi connectivity index (χ0) is 20.9. The number of carbonyl (C=O) groups excluding carboxylic acids is 2. The van der Waals surface area contributed by atoms with E-state index in [-0.39, 0.29) is 17.9 Å². The zero-order valence-corrected chi connectivity index (χ0v) is 15.9. The van der Waals surface area contributed by atoms with Gasteiger partial charge in [0.25, 0.3) is 5.91 Å². The van der Waals surface area contributed by atoms with Crippen molar-refractivity contribution in [2.45, 2.75) is 32.7 Å². The van der Waals surface area contributed by atoms with Gasteiger partial charge >= 0.3 is 0 Å². The summed E-state index contributed by atoms with van der Waals surface area (Å²) in [5, 5.41) is 5.08. The second-order valence-electron chi connectivity index (χ2n) is 7.26. The molecule has 4 N–H and O–H groups in total. The molecule has 0 spiro atoms. The van der Waals surface area contributed by atoms with Crippen LogP contribution in [0.25, 0.3) is 0 Å². The maximum Gasteiger partial charge on any atom is 0.258 e. The number of amides is 2. The van der Waals surface area contributed by atoms with Crippen LogP contribution in [0.5, 0.6) is 5.75 Å². The van der Waals surface area contributed by atoms with Crippen molar-refractivity contribution in [3.8, 4) is 5.75 Å². The molecule has 150 valence electrons. The summed E-state index contributed by atoms with van der Waals surface area (Å²) in [6, 6.07) is 7.05. The van der Waals surface area contributed by atoms with Crippen LogP contribution < -0.4 is 21.1 Å². The summed E-state index contributed by atoms with van der Waals surface area (Å²) in [6.45, 7) is 4.88. The molecule has 0 aliphatic rings. The number of carbonyl (C=O) groups is 2. The minimum absolute atomic E-state index is 0.0348. The van der Waals surface area contributed by atoms with Crippen molar-refractivity contribution in [2.75, 3.05) is 17.7 Å². The van der Waals surface area contributed by atoms with Crippen LogP contribution in [0.4, 0.5) is 20.2 Å². The first kappa shape index (κ1) is 21.1. The quantitative estimate of drug-likeness (QED) is 0.499. The molecule has 0 heterocycles. The fourth-order valence-electron chi connectivity index (χ4n) is 2.65. The number of hydrogen-bond acceptors (Lipinski definition) is 4. The minimum atomic E-state index is -0.722. The van der Waals surface area contributed by atoms with Gasteiger partial charge < -0.3 is 21.1 Å². The van der Waals surface area contributed by atoms with E-state index in [0.717, 1.165) is 12.1 Å². The monoisotopic (exact) mass is 391 g/mol. The van der Waals surface area contributed by atoms with Crippen LogP contribution in [-0.4, -0.2) is 18.9 Å². The lowest BCUT2D eigenvalue weighted by Gasteiger charge is -2.21. The van der Waals surface area contributed by atoms with Gasteiger partial charge in [-0.15, -0.1) is 0 Å². The largest absolute Gasteiger partial charge is 0.484 e. The molecular formula is C20H23F2N3O3. The number of nitrogens with two attached hydrogens (primary N) is 1. The van der Waals surface area contributed by atoms with E-state index in [1.54, 1.807) is 39.0 Å². The molecule has 0 saturated heterocycles. The van der Waals surface area contributed by atoms with Crippen molar-refractivity contribution in [1.82, 2.24) is 5.32 Å². The minimum Gasteiger partial charge on any atom is -0.484 e. The second kappa shape index (κ2) is 8.69. The number of hydrogen-bond donors (Lipinski definition) is 3. The number of rotatable bonds is 7. The van der Waals surface area contributed by atoms with E-state index < -0.39 is 29.6 Å². The van der Waals surface area contributed by atoms with E-state index in [4.69, 9.17) is 10.5 Å². The van der Waals surface area contributed by atoms with Crippen molar-refractivity contribution in [3.63, 3.8) is 0 Å². The van der Waals surface area contributed by atoms with Gasteiger partial charge in [0.05, 0.1) is 11.4 Å². The first-order chi connectivity index (χ1) is 13.1. The van der Waals surface area contributed by atoms with Gasteiger partial charge in [0, 0.05) is 24.2 Å². The smallest absolute Gasteiger partial charge is 0.258 e. The molecule has 2 amide bonds. The molecule has 0 bridgehead atoms. The third kappa shape index (κ3) is 5.42. The third-order valence-corrected chi connectivity index (χ3v) is 3.96. The van der Waals surface area contributed by atoms with Gasteiger partial charge in [-0.1, -0.05) is 26.8 Å². The predicted octanol–water partition coefficient (Wildman–Crippen LogP) is 3.11. The van der Waals surface area contributed by atoms with E-state index in [9.17, 15) is 18.4 Å². The lowest BCUT2D eigenvalue weighted by molar-refractivity contribution is -0.123. The molecule has 0 atom stereocenters. The molecule has 6 nitrogen and oxygen atoms in total. The van der Waals surface area contributed by atoms with Gasteiger partial charge in [0.15, 0.2) is 6.61 Å². The highest BCUT2D eigenvalue weighted by atomic mass is 19.1. The van der Waals surface area contributed by atoms with Crippen LogP contribution in [0.1, 0.15) is 31.9 Å². The Hall–Kier alpha value is -3.16. The average Bonchev–Trinajstić information content (AvgIpc) is 2.59. The molecule has 2 aromatic carbocycles. The fourth-order valence-corrected chi connectivity index (χ4v) is 2.65. The van der Waals surface area contributed by atoms with Crippen molar-refractivity contribution >= 4 is 23.7 Å². The Morgan fingerprint density at radius 2 is 1.82 bits per heavy atom. The van der Waals surface area contributed by atoms with Gasteiger partial charge in [-0.3, -0.25) is 9.59 Å². The molecule has 0 saturated carbocycles. The van der Waals surface area contributed by atoms with E-state index in [2.05, 4.69) is 10.6 Å². The predicted molar refractivity (Wildman–Crippen MR) is 103 cm³/mol. The Kier molecular flexibility index (Phi) is 6.56. The average molecular weight is 391 g/mol. The molecule has 0 radical (unpaired) electrons. The first-order valence-electron chi connectivity index (χ1n) is 8.59. The lowest BCUT2D eigenvalue weighted by atomic mass is 9.86. The number of nitrogens with one attached hydrogen (secondary N) is 2. The number of halogens is 2. The second-order valence-corrected chi connectivity index (χ2v) is 7.26. The van der Waals surface area contributed by atoms with Crippen LogP contribution in [0.3, 0.4) is 0 Å². The Balaban J connectivity index is 1.94. The van der Waals surface area contributed by atoms with Gasteiger partial charge in [0.2, 0.25) is 6.41 Å². The third-order valence-electron chi connectivity index (χ3n) is 3.96. The van der Waals surface area contributed by atoms with Crippen LogP contribution in [-0.2, 0) is 21.5 Å². The lowest BCUT2D eigenvalue weighted by Crippen LogP contribution is -2.28. The normalized spacial score (nSPS) is 11.0. The summed E-state index contributed by atoms with van der Waals surface area (Å²) in [6.07, 6.45) is 0.505. The highest BCUT2D eigenvalue weighted by molar-refractivity contribution is 5.80. The topological polar surface area (TPSA) is 93.4 Å². The zero-order valence-electron chi connectivity index (χ0n) is 15.9. The van der Waals surface area contributed by atoms with Crippen LogP contribution in [0.2, 0.25) is 0 Å². The van der Waals surface area contributed by atoms with E-state index in [1.165, 1.54) is 0 Å². The van der Waals surface area contributed by atoms with Crippen molar-refractivity contribution in [2.24, 2.45) is 0 Å². The van der Waals surface area contributed by atoms with Crippen LogP contribution in [0, 0.1) is 11.6 Å².